The normalized spacial score (nSPS) is 23.5. The Balaban J connectivity index is 1.49. The molecular weight excluding hydrogens is 384 g/mol. The molecule has 0 aromatic heterocycles. The Kier molecular flexibility index (Phi) is 7.49. The van der Waals surface area contributed by atoms with Crippen LogP contribution >= 0.6 is 0 Å². The molecule has 1 aromatic rings. The summed E-state index contributed by atoms with van der Waals surface area (Å²) in [7, 11) is -3.17. The third-order valence-corrected chi connectivity index (χ3v) is 8.62. The second-order valence-corrected chi connectivity index (χ2v) is 11.5. The van der Waals surface area contributed by atoms with Crippen molar-refractivity contribution >= 4 is 15.7 Å². The van der Waals surface area contributed by atoms with Crippen molar-refractivity contribution in [2.24, 2.45) is 5.92 Å². The van der Waals surface area contributed by atoms with E-state index in [1.165, 1.54) is 42.5 Å². The zero-order valence-electron chi connectivity index (χ0n) is 18.5. The highest BCUT2D eigenvalue weighted by Gasteiger charge is 2.26. The second-order valence-electron chi connectivity index (χ2n) is 9.20. The fourth-order valence-electron chi connectivity index (χ4n) is 4.41. The molecule has 2 aliphatic rings. The van der Waals surface area contributed by atoms with Crippen molar-refractivity contribution in [1.29, 1.82) is 0 Å². The molecule has 5 nitrogen and oxygen atoms in total. The Hall–Kier alpha value is -1.27. The molecule has 1 aromatic carbocycles. The lowest BCUT2D eigenvalue weighted by molar-refractivity contribution is 0.208. The van der Waals surface area contributed by atoms with Crippen molar-refractivity contribution in [2.45, 2.75) is 96.5 Å². The summed E-state index contributed by atoms with van der Waals surface area (Å²) < 4.78 is 33.2. The van der Waals surface area contributed by atoms with Crippen LogP contribution in [0.2, 0.25) is 0 Å². The van der Waals surface area contributed by atoms with Crippen LogP contribution < -0.4 is 14.8 Å². The van der Waals surface area contributed by atoms with Gasteiger partial charge in [0.1, 0.15) is 5.75 Å². The minimum Gasteiger partial charge on any atom is -0.490 e. The van der Waals surface area contributed by atoms with E-state index in [1.54, 1.807) is 13.8 Å². The van der Waals surface area contributed by atoms with Crippen molar-refractivity contribution in [1.82, 2.24) is 4.72 Å². The number of rotatable bonds is 8. The summed E-state index contributed by atoms with van der Waals surface area (Å²) in [6.07, 6.45) is 9.25. The molecule has 0 radical (unpaired) electrons. The van der Waals surface area contributed by atoms with Crippen LogP contribution in [0.5, 0.6) is 5.75 Å². The third kappa shape index (κ3) is 5.88. The summed E-state index contributed by atoms with van der Waals surface area (Å²) >= 11 is 0. The summed E-state index contributed by atoms with van der Waals surface area (Å²) in [5, 5.41) is 3.26. The number of benzene rings is 1. The molecule has 2 saturated carbocycles. The third-order valence-electron chi connectivity index (χ3n) is 6.71. The molecule has 0 unspecified atom stereocenters. The zero-order valence-corrected chi connectivity index (χ0v) is 19.3. The van der Waals surface area contributed by atoms with E-state index in [-0.39, 0.29) is 11.3 Å². The van der Waals surface area contributed by atoms with Gasteiger partial charge in [-0.2, -0.15) is 0 Å². The predicted molar refractivity (Wildman–Crippen MR) is 120 cm³/mol. The lowest BCUT2D eigenvalue weighted by Crippen LogP contribution is -2.41. The van der Waals surface area contributed by atoms with Crippen molar-refractivity contribution in [3.05, 3.63) is 23.3 Å². The molecule has 0 bridgehead atoms. The van der Waals surface area contributed by atoms with E-state index in [0.717, 1.165) is 38.0 Å². The first-order valence-electron chi connectivity index (χ1n) is 11.3. The topological polar surface area (TPSA) is 67.4 Å². The Morgan fingerprint density at radius 2 is 1.66 bits per heavy atom. The van der Waals surface area contributed by atoms with Crippen molar-refractivity contribution in [3.8, 4) is 5.75 Å². The maximum Gasteiger partial charge on any atom is 0.214 e. The van der Waals surface area contributed by atoms with Gasteiger partial charge in [0.2, 0.25) is 10.0 Å². The van der Waals surface area contributed by atoms with Gasteiger partial charge in [-0.15, -0.1) is 0 Å². The molecule has 2 aliphatic carbocycles. The minimum atomic E-state index is -3.17. The molecule has 2 N–H and O–H groups in total. The summed E-state index contributed by atoms with van der Waals surface area (Å²) in [6.45, 7) is 8.71. The zero-order chi connectivity index (χ0) is 21.0. The molecule has 3 rings (SSSR count). The first-order valence-corrected chi connectivity index (χ1v) is 12.8. The van der Waals surface area contributed by atoms with E-state index in [1.807, 2.05) is 0 Å². The average Bonchev–Trinajstić information content (AvgIpc) is 3.19. The molecule has 0 heterocycles. The highest BCUT2D eigenvalue weighted by molar-refractivity contribution is 7.90. The SMILES string of the molecule is Cc1c(NC[C@H]2CC[C@H](NS(=O)(=O)C(C)C)CC2)ccc(OC2CCCC2)c1C. The van der Waals surface area contributed by atoms with Gasteiger partial charge in [-0.05, 0) is 108 Å². The molecule has 164 valence electrons. The van der Waals surface area contributed by atoms with E-state index < -0.39 is 10.0 Å². The quantitative estimate of drug-likeness (QED) is 0.624. The van der Waals surface area contributed by atoms with Crippen LogP contribution in [0.1, 0.15) is 76.3 Å². The maximum atomic E-state index is 12.1. The van der Waals surface area contributed by atoms with Gasteiger partial charge in [0.15, 0.2) is 0 Å². The molecule has 0 saturated heterocycles. The van der Waals surface area contributed by atoms with Gasteiger partial charge in [-0.3, -0.25) is 0 Å². The van der Waals surface area contributed by atoms with Crippen LogP contribution in [0.15, 0.2) is 12.1 Å². The highest BCUT2D eigenvalue weighted by atomic mass is 32.2. The van der Waals surface area contributed by atoms with Crippen LogP contribution in [-0.4, -0.2) is 32.4 Å². The van der Waals surface area contributed by atoms with E-state index in [0.29, 0.717) is 12.0 Å². The van der Waals surface area contributed by atoms with Crippen LogP contribution in [0, 0.1) is 19.8 Å². The average molecular weight is 423 g/mol. The molecule has 0 atom stereocenters. The lowest BCUT2D eigenvalue weighted by Gasteiger charge is -2.30. The number of hydrogen-bond acceptors (Lipinski definition) is 4. The largest absolute Gasteiger partial charge is 0.490 e. The summed E-state index contributed by atoms with van der Waals surface area (Å²) in [5.74, 6) is 1.61. The summed E-state index contributed by atoms with van der Waals surface area (Å²) in [4.78, 5) is 0. The standard InChI is InChI=1S/C23H38N2O3S/c1-16(2)29(26,27)25-20-11-9-19(10-12-20)15-24-22-13-14-23(18(4)17(22)3)28-21-7-5-6-8-21/h13-14,16,19-21,24-25H,5-12,15H2,1-4H3/t19-,20-. The number of ether oxygens (including phenoxy) is 1. The number of hydrogen-bond donors (Lipinski definition) is 2. The lowest BCUT2D eigenvalue weighted by atomic mass is 9.86. The van der Waals surface area contributed by atoms with Crippen LogP contribution in [-0.2, 0) is 10.0 Å². The van der Waals surface area contributed by atoms with Gasteiger partial charge >= 0.3 is 0 Å². The highest BCUT2D eigenvalue weighted by Crippen LogP contribution is 2.32. The Bertz CT molecular complexity index is 778. The van der Waals surface area contributed by atoms with Crippen molar-refractivity contribution < 1.29 is 13.2 Å². The summed E-state index contributed by atoms with van der Waals surface area (Å²) in [5.41, 5.74) is 3.68. The molecule has 0 amide bonds. The monoisotopic (exact) mass is 422 g/mol. The van der Waals surface area contributed by atoms with E-state index in [4.69, 9.17) is 4.74 Å². The fraction of sp³-hybridized carbons (Fsp3) is 0.739. The van der Waals surface area contributed by atoms with Gasteiger partial charge in [0.25, 0.3) is 0 Å². The Morgan fingerprint density at radius 1 is 1.00 bits per heavy atom. The van der Waals surface area contributed by atoms with Gasteiger partial charge < -0.3 is 10.1 Å². The number of nitrogens with one attached hydrogen (secondary N) is 2. The Morgan fingerprint density at radius 3 is 2.28 bits per heavy atom. The van der Waals surface area contributed by atoms with Crippen LogP contribution in [0.3, 0.4) is 0 Å². The molecule has 0 spiro atoms. The van der Waals surface area contributed by atoms with Crippen LogP contribution in [0.25, 0.3) is 0 Å². The van der Waals surface area contributed by atoms with E-state index in [2.05, 4.69) is 36.0 Å². The van der Waals surface area contributed by atoms with E-state index >= 15 is 0 Å². The molecule has 29 heavy (non-hydrogen) atoms. The first kappa shape index (κ1) is 22.4. The Labute approximate surface area is 177 Å². The van der Waals surface area contributed by atoms with Crippen molar-refractivity contribution in [2.75, 3.05) is 11.9 Å². The number of anilines is 1. The van der Waals surface area contributed by atoms with Crippen molar-refractivity contribution in [3.63, 3.8) is 0 Å². The summed E-state index contributed by atoms with van der Waals surface area (Å²) in [6, 6.07) is 4.35. The van der Waals surface area contributed by atoms with Gasteiger partial charge in [0.05, 0.1) is 11.4 Å². The van der Waals surface area contributed by atoms with Gasteiger partial charge in [0, 0.05) is 18.3 Å². The van der Waals surface area contributed by atoms with E-state index in [9.17, 15) is 8.42 Å². The minimum absolute atomic E-state index is 0.0923. The predicted octanol–water partition coefficient (Wildman–Crippen LogP) is 4.92. The molecule has 6 heteroatoms. The maximum absolute atomic E-state index is 12.1. The van der Waals surface area contributed by atoms with Gasteiger partial charge in [-0.25, -0.2) is 13.1 Å². The second kappa shape index (κ2) is 9.69. The van der Waals surface area contributed by atoms with Gasteiger partial charge in [-0.1, -0.05) is 0 Å². The first-order chi connectivity index (χ1) is 13.8. The number of sulfonamides is 1. The molecular formula is C23H38N2O3S. The van der Waals surface area contributed by atoms with Crippen LogP contribution in [0.4, 0.5) is 5.69 Å². The smallest absolute Gasteiger partial charge is 0.214 e. The molecule has 0 aliphatic heterocycles. The fourth-order valence-corrected chi connectivity index (χ4v) is 5.38. The molecule has 2 fully saturated rings.